The van der Waals surface area contributed by atoms with Gasteiger partial charge in [-0.2, -0.15) is 0 Å². The summed E-state index contributed by atoms with van der Waals surface area (Å²) in [7, 11) is 0. The second-order valence-electron chi connectivity index (χ2n) is 4.92. The Morgan fingerprint density at radius 1 is 1.10 bits per heavy atom. The van der Waals surface area contributed by atoms with Crippen LogP contribution in [0.3, 0.4) is 0 Å². The van der Waals surface area contributed by atoms with Crippen LogP contribution in [-0.2, 0) is 9.59 Å². The number of aromatic nitrogens is 2. The molecule has 0 spiro atoms. The molecule has 0 bridgehead atoms. The Morgan fingerprint density at radius 3 is 2.33 bits per heavy atom. The standard InChI is InChI=1S/C13H19N5O3/c19-11(16-13-14-3-1-4-15-13)9-17-5-2-6-18(8-7-17)10-12(20)21/h1,3-4H,2,5-10H2,(H,20,21)(H,14,15,16,19). The lowest BCUT2D eigenvalue weighted by molar-refractivity contribution is -0.138. The van der Waals surface area contributed by atoms with Crippen molar-refractivity contribution in [2.75, 3.05) is 44.6 Å². The van der Waals surface area contributed by atoms with E-state index in [9.17, 15) is 9.59 Å². The Kier molecular flexibility index (Phi) is 5.59. The average Bonchev–Trinajstić information content (AvgIpc) is 2.65. The van der Waals surface area contributed by atoms with Crippen molar-refractivity contribution in [3.05, 3.63) is 18.5 Å². The highest BCUT2D eigenvalue weighted by atomic mass is 16.4. The summed E-state index contributed by atoms with van der Waals surface area (Å²) in [5, 5.41) is 11.4. The van der Waals surface area contributed by atoms with Gasteiger partial charge in [-0.25, -0.2) is 9.97 Å². The number of amides is 1. The van der Waals surface area contributed by atoms with Crippen LogP contribution in [0.15, 0.2) is 18.5 Å². The smallest absolute Gasteiger partial charge is 0.317 e. The zero-order valence-electron chi connectivity index (χ0n) is 11.7. The minimum Gasteiger partial charge on any atom is -0.480 e. The first-order valence-corrected chi connectivity index (χ1v) is 6.87. The van der Waals surface area contributed by atoms with Gasteiger partial charge in [-0.1, -0.05) is 0 Å². The highest BCUT2D eigenvalue weighted by molar-refractivity contribution is 5.90. The lowest BCUT2D eigenvalue weighted by Crippen LogP contribution is -2.37. The third kappa shape index (κ3) is 5.44. The van der Waals surface area contributed by atoms with Crippen molar-refractivity contribution in [2.45, 2.75) is 6.42 Å². The van der Waals surface area contributed by atoms with E-state index >= 15 is 0 Å². The monoisotopic (exact) mass is 293 g/mol. The predicted octanol–water partition coefficient (Wildman–Crippen LogP) is -0.493. The number of carboxylic acids is 1. The quantitative estimate of drug-likeness (QED) is 0.755. The lowest BCUT2D eigenvalue weighted by Gasteiger charge is -2.20. The molecule has 1 fully saturated rings. The Labute approximate surface area is 122 Å². The predicted molar refractivity (Wildman–Crippen MR) is 75.8 cm³/mol. The van der Waals surface area contributed by atoms with Gasteiger partial charge in [-0.05, 0) is 19.0 Å². The van der Waals surface area contributed by atoms with Gasteiger partial charge in [0.25, 0.3) is 0 Å². The average molecular weight is 293 g/mol. The Morgan fingerprint density at radius 2 is 1.71 bits per heavy atom. The fraction of sp³-hybridized carbons (Fsp3) is 0.538. The number of carbonyl (C=O) groups excluding carboxylic acids is 1. The number of carboxylic acid groups (broad SMARTS) is 1. The van der Waals surface area contributed by atoms with E-state index in [1.807, 2.05) is 9.80 Å². The van der Waals surface area contributed by atoms with Crippen LogP contribution in [0.25, 0.3) is 0 Å². The van der Waals surface area contributed by atoms with Gasteiger partial charge in [-0.15, -0.1) is 0 Å². The molecule has 8 nitrogen and oxygen atoms in total. The number of nitrogens with one attached hydrogen (secondary N) is 1. The van der Waals surface area contributed by atoms with Gasteiger partial charge in [0.2, 0.25) is 11.9 Å². The van der Waals surface area contributed by atoms with Crippen molar-refractivity contribution >= 4 is 17.8 Å². The highest BCUT2D eigenvalue weighted by Crippen LogP contribution is 2.03. The zero-order chi connectivity index (χ0) is 15.1. The van der Waals surface area contributed by atoms with Crippen molar-refractivity contribution < 1.29 is 14.7 Å². The van der Waals surface area contributed by atoms with E-state index in [4.69, 9.17) is 5.11 Å². The normalized spacial score (nSPS) is 17.1. The van der Waals surface area contributed by atoms with Crippen molar-refractivity contribution in [2.24, 2.45) is 0 Å². The summed E-state index contributed by atoms with van der Waals surface area (Å²) < 4.78 is 0. The Hall–Kier alpha value is -2.06. The lowest BCUT2D eigenvalue weighted by atomic mass is 10.3. The third-order valence-electron chi connectivity index (χ3n) is 3.22. The van der Waals surface area contributed by atoms with Crippen molar-refractivity contribution in [3.8, 4) is 0 Å². The first-order chi connectivity index (χ1) is 10.1. The van der Waals surface area contributed by atoms with Gasteiger partial charge in [0.05, 0.1) is 13.1 Å². The van der Waals surface area contributed by atoms with Crippen LogP contribution in [-0.4, -0.2) is 76.0 Å². The highest BCUT2D eigenvalue weighted by Gasteiger charge is 2.18. The van der Waals surface area contributed by atoms with E-state index in [1.54, 1.807) is 18.5 Å². The van der Waals surface area contributed by atoms with Gasteiger partial charge in [0, 0.05) is 32.0 Å². The van der Waals surface area contributed by atoms with Crippen molar-refractivity contribution in [1.82, 2.24) is 19.8 Å². The fourth-order valence-corrected chi connectivity index (χ4v) is 2.26. The van der Waals surface area contributed by atoms with E-state index in [2.05, 4.69) is 15.3 Å². The Bertz CT molecular complexity index is 482. The number of nitrogens with zero attached hydrogens (tertiary/aromatic N) is 4. The summed E-state index contributed by atoms with van der Waals surface area (Å²) in [5.41, 5.74) is 0. The molecular formula is C13H19N5O3. The molecular weight excluding hydrogens is 274 g/mol. The van der Waals surface area contributed by atoms with E-state index in [0.717, 1.165) is 19.5 Å². The van der Waals surface area contributed by atoms with Crippen molar-refractivity contribution in [1.29, 1.82) is 0 Å². The number of rotatable bonds is 5. The molecule has 0 saturated carbocycles. The largest absolute Gasteiger partial charge is 0.480 e. The molecule has 0 atom stereocenters. The maximum absolute atomic E-state index is 11.9. The van der Waals surface area contributed by atoms with Crippen molar-refractivity contribution in [3.63, 3.8) is 0 Å². The van der Waals surface area contributed by atoms with Crippen LogP contribution >= 0.6 is 0 Å². The second kappa shape index (κ2) is 7.65. The van der Waals surface area contributed by atoms with E-state index in [1.165, 1.54) is 0 Å². The molecule has 2 rings (SSSR count). The molecule has 8 heteroatoms. The van der Waals surface area contributed by atoms with Crippen LogP contribution < -0.4 is 5.32 Å². The number of anilines is 1. The van der Waals surface area contributed by atoms with Gasteiger partial charge < -0.3 is 5.11 Å². The third-order valence-corrected chi connectivity index (χ3v) is 3.22. The number of hydrogen-bond donors (Lipinski definition) is 2. The molecule has 0 aromatic carbocycles. The van der Waals surface area contributed by atoms with Crippen LogP contribution in [0.1, 0.15) is 6.42 Å². The molecule has 1 amide bonds. The first kappa shape index (κ1) is 15.3. The van der Waals surface area contributed by atoms with E-state index in [-0.39, 0.29) is 19.0 Å². The molecule has 0 aliphatic carbocycles. The molecule has 1 saturated heterocycles. The van der Waals surface area contributed by atoms with Gasteiger partial charge in [0.15, 0.2) is 0 Å². The van der Waals surface area contributed by atoms with Crippen LogP contribution in [0, 0.1) is 0 Å². The molecule has 0 radical (unpaired) electrons. The molecule has 1 aliphatic heterocycles. The molecule has 1 aliphatic rings. The molecule has 114 valence electrons. The molecule has 2 N–H and O–H groups in total. The first-order valence-electron chi connectivity index (χ1n) is 6.87. The minimum atomic E-state index is -0.817. The molecule has 0 unspecified atom stereocenters. The summed E-state index contributed by atoms with van der Waals surface area (Å²) in [5.74, 6) is -0.680. The second-order valence-corrected chi connectivity index (χ2v) is 4.92. The molecule has 21 heavy (non-hydrogen) atoms. The summed E-state index contributed by atoms with van der Waals surface area (Å²) in [6.45, 7) is 3.17. The van der Waals surface area contributed by atoms with E-state index < -0.39 is 5.97 Å². The maximum Gasteiger partial charge on any atom is 0.317 e. The fourth-order valence-electron chi connectivity index (χ4n) is 2.26. The topological polar surface area (TPSA) is 98.7 Å². The number of carbonyl (C=O) groups is 2. The summed E-state index contributed by atoms with van der Waals surface area (Å²) in [6, 6.07) is 1.68. The van der Waals surface area contributed by atoms with Crippen LogP contribution in [0.2, 0.25) is 0 Å². The summed E-state index contributed by atoms with van der Waals surface area (Å²) in [4.78, 5) is 34.4. The molecule has 2 heterocycles. The number of aliphatic carboxylic acids is 1. The minimum absolute atomic E-state index is 0.0535. The SMILES string of the molecule is O=C(O)CN1CCCN(CC(=O)Nc2ncccn2)CC1. The Balaban J connectivity index is 1.78. The van der Waals surface area contributed by atoms with Gasteiger partial charge in [0.1, 0.15) is 0 Å². The van der Waals surface area contributed by atoms with Crippen LogP contribution in [0.5, 0.6) is 0 Å². The zero-order valence-corrected chi connectivity index (χ0v) is 11.7. The van der Waals surface area contributed by atoms with Gasteiger partial charge >= 0.3 is 5.97 Å². The summed E-state index contributed by atoms with van der Waals surface area (Å²) in [6.07, 6.45) is 3.99. The van der Waals surface area contributed by atoms with E-state index in [0.29, 0.717) is 19.0 Å². The van der Waals surface area contributed by atoms with Gasteiger partial charge in [-0.3, -0.25) is 24.7 Å². The maximum atomic E-state index is 11.9. The molecule has 1 aromatic rings. The summed E-state index contributed by atoms with van der Waals surface area (Å²) >= 11 is 0. The van der Waals surface area contributed by atoms with Crippen LogP contribution in [0.4, 0.5) is 5.95 Å². The molecule has 1 aromatic heterocycles. The number of hydrogen-bond acceptors (Lipinski definition) is 6.